The van der Waals surface area contributed by atoms with E-state index in [1.165, 1.54) is 6.92 Å². The quantitative estimate of drug-likeness (QED) is 0.640. The molecule has 0 aromatic heterocycles. The lowest BCUT2D eigenvalue weighted by molar-refractivity contribution is 0.191. The lowest BCUT2D eigenvalue weighted by Crippen LogP contribution is -2.37. The van der Waals surface area contributed by atoms with E-state index in [0.717, 1.165) is 5.56 Å². The summed E-state index contributed by atoms with van der Waals surface area (Å²) >= 11 is 6.16. The number of hydrogen-bond acceptors (Lipinski definition) is 2. The number of alkyl halides is 1. The Morgan fingerprint density at radius 2 is 2.00 bits per heavy atom. The first-order valence-corrected chi connectivity index (χ1v) is 5.40. The molecule has 2 N–H and O–H groups in total. The molecular weight excluding hydrogens is 242 g/mol. The van der Waals surface area contributed by atoms with Gasteiger partial charge in [0.2, 0.25) is 0 Å². The van der Waals surface area contributed by atoms with Crippen molar-refractivity contribution in [1.29, 1.82) is 0 Å². The molecule has 1 aromatic carbocycles. The third-order valence-corrected chi connectivity index (χ3v) is 2.82. The number of benzene rings is 1. The molecule has 5 heteroatoms. The molecule has 0 saturated heterocycles. The summed E-state index contributed by atoms with van der Waals surface area (Å²) in [5.41, 5.74) is 0.957. The molecule has 0 bridgehead atoms. The Bertz CT molecular complexity index is 440. The molecule has 0 spiro atoms. The topological polar surface area (TPSA) is 66.4 Å². The predicted molar refractivity (Wildman–Crippen MR) is 64.9 cm³/mol. The maximum atomic E-state index is 10.7. The fourth-order valence-corrected chi connectivity index (χ4v) is 1.82. The van der Waals surface area contributed by atoms with E-state index in [2.05, 4.69) is 5.32 Å². The second kappa shape index (κ2) is 6.09. The van der Waals surface area contributed by atoms with E-state index < -0.39 is 17.5 Å². The smallest absolute Gasteiger partial charge is 0.405 e. The molecule has 0 fully saturated rings. The molecule has 2 atom stereocenters. The molecule has 1 aromatic rings. The average Bonchev–Trinajstić information content (AvgIpc) is 2.35. The Labute approximate surface area is 104 Å². The van der Waals surface area contributed by atoms with Gasteiger partial charge in [0, 0.05) is 5.57 Å². The van der Waals surface area contributed by atoms with Gasteiger partial charge < -0.3 is 10.4 Å². The van der Waals surface area contributed by atoms with Crippen LogP contribution in [-0.2, 0) is 4.79 Å². The van der Waals surface area contributed by atoms with Crippen molar-refractivity contribution in [2.75, 3.05) is 0 Å². The first-order chi connectivity index (χ1) is 8.06. The van der Waals surface area contributed by atoms with Crippen LogP contribution in [0.3, 0.4) is 0 Å². The largest absolute Gasteiger partial charge is 0.465 e. The maximum Gasteiger partial charge on any atom is 0.405 e. The van der Waals surface area contributed by atoms with Crippen LogP contribution in [0.1, 0.15) is 17.9 Å². The highest BCUT2D eigenvalue weighted by molar-refractivity contribution is 6.21. The van der Waals surface area contributed by atoms with Crippen molar-refractivity contribution in [3.05, 3.63) is 41.5 Å². The lowest BCUT2D eigenvalue weighted by Gasteiger charge is -2.21. The van der Waals surface area contributed by atoms with Gasteiger partial charge in [0.05, 0.1) is 11.4 Å². The number of carbonyl (C=O) groups excluding carboxylic acids is 1. The van der Waals surface area contributed by atoms with E-state index in [4.69, 9.17) is 16.7 Å². The van der Waals surface area contributed by atoms with Crippen LogP contribution in [0.5, 0.6) is 0 Å². The van der Waals surface area contributed by atoms with Gasteiger partial charge in [-0.3, -0.25) is 0 Å². The van der Waals surface area contributed by atoms with Crippen molar-refractivity contribution in [2.45, 2.75) is 18.3 Å². The number of carbonyl (C=O) groups is 1. The van der Waals surface area contributed by atoms with Crippen LogP contribution in [0, 0.1) is 0 Å². The number of hydrogen-bond donors (Lipinski definition) is 2. The molecular formula is C12H12ClNO3. The third kappa shape index (κ3) is 3.63. The van der Waals surface area contributed by atoms with Gasteiger partial charge in [-0.2, -0.15) is 0 Å². The minimum Gasteiger partial charge on any atom is -0.465 e. The van der Waals surface area contributed by atoms with Gasteiger partial charge in [-0.1, -0.05) is 30.3 Å². The zero-order valence-corrected chi connectivity index (χ0v) is 9.94. The molecule has 0 heterocycles. The first kappa shape index (κ1) is 13.3. The monoisotopic (exact) mass is 253 g/mol. The van der Waals surface area contributed by atoms with E-state index in [-0.39, 0.29) is 5.57 Å². The highest BCUT2D eigenvalue weighted by atomic mass is 35.5. The van der Waals surface area contributed by atoms with Crippen molar-refractivity contribution < 1.29 is 14.7 Å². The Hall–Kier alpha value is -1.77. The van der Waals surface area contributed by atoms with Crippen molar-refractivity contribution in [3.8, 4) is 0 Å². The van der Waals surface area contributed by atoms with Gasteiger partial charge in [-0.25, -0.2) is 9.59 Å². The maximum absolute atomic E-state index is 10.7. The van der Waals surface area contributed by atoms with E-state index in [1.54, 1.807) is 30.2 Å². The first-order valence-electron chi connectivity index (χ1n) is 4.96. The SMILES string of the molecule is CC(=C=O)C(NC(=O)O)C(Cl)c1ccccc1. The van der Waals surface area contributed by atoms with Crippen molar-refractivity contribution in [1.82, 2.24) is 5.32 Å². The molecule has 4 nitrogen and oxygen atoms in total. The number of amides is 1. The van der Waals surface area contributed by atoms with Crippen LogP contribution in [0.25, 0.3) is 0 Å². The van der Waals surface area contributed by atoms with Gasteiger partial charge in [-0.05, 0) is 12.5 Å². The van der Waals surface area contributed by atoms with Gasteiger partial charge in [-0.15, -0.1) is 11.6 Å². The van der Waals surface area contributed by atoms with Crippen molar-refractivity contribution in [2.24, 2.45) is 0 Å². The summed E-state index contributed by atoms with van der Waals surface area (Å²) in [5.74, 6) is 1.68. The van der Waals surface area contributed by atoms with Crippen molar-refractivity contribution >= 4 is 23.6 Å². The summed E-state index contributed by atoms with van der Waals surface area (Å²) in [6.45, 7) is 1.49. The summed E-state index contributed by atoms with van der Waals surface area (Å²) < 4.78 is 0. The van der Waals surface area contributed by atoms with Crippen LogP contribution in [0.15, 0.2) is 35.9 Å². The highest BCUT2D eigenvalue weighted by Crippen LogP contribution is 2.27. The van der Waals surface area contributed by atoms with Crippen molar-refractivity contribution in [3.63, 3.8) is 0 Å². The fraction of sp³-hybridized carbons (Fsp3) is 0.250. The molecule has 0 saturated carbocycles. The summed E-state index contributed by atoms with van der Waals surface area (Å²) in [5, 5.41) is 10.3. The lowest BCUT2D eigenvalue weighted by atomic mass is 10.0. The standard InChI is InChI=1S/C12H12ClNO3/c1-8(7-15)11(14-12(16)17)10(13)9-5-3-2-4-6-9/h2-6,10-11,14H,1H3,(H,16,17). The summed E-state index contributed by atoms with van der Waals surface area (Å²) in [7, 11) is 0. The van der Waals surface area contributed by atoms with E-state index in [0.29, 0.717) is 0 Å². The molecule has 90 valence electrons. The summed E-state index contributed by atoms with van der Waals surface area (Å²) in [6, 6.07) is 8.17. The molecule has 1 amide bonds. The minimum atomic E-state index is -1.23. The normalized spacial score (nSPS) is 13.3. The molecule has 0 aliphatic rings. The van der Waals surface area contributed by atoms with Crippen LogP contribution < -0.4 is 5.32 Å². The third-order valence-electron chi connectivity index (χ3n) is 2.32. The molecule has 1 rings (SSSR count). The average molecular weight is 254 g/mol. The van der Waals surface area contributed by atoms with Crippen LogP contribution in [-0.4, -0.2) is 23.2 Å². The number of halogens is 1. The molecule has 2 unspecified atom stereocenters. The summed E-state index contributed by atoms with van der Waals surface area (Å²) in [6.07, 6.45) is -1.23. The highest BCUT2D eigenvalue weighted by Gasteiger charge is 2.25. The Morgan fingerprint density at radius 3 is 2.47 bits per heavy atom. The van der Waals surface area contributed by atoms with Crippen LogP contribution in [0.2, 0.25) is 0 Å². The van der Waals surface area contributed by atoms with Gasteiger partial charge in [0.25, 0.3) is 0 Å². The van der Waals surface area contributed by atoms with Crippen LogP contribution in [0.4, 0.5) is 4.79 Å². The Morgan fingerprint density at radius 1 is 1.41 bits per heavy atom. The second-order valence-electron chi connectivity index (χ2n) is 3.52. The minimum absolute atomic E-state index is 0.219. The number of nitrogens with one attached hydrogen (secondary N) is 1. The van der Waals surface area contributed by atoms with E-state index in [9.17, 15) is 9.59 Å². The van der Waals surface area contributed by atoms with Crippen LogP contribution >= 0.6 is 11.6 Å². The van der Waals surface area contributed by atoms with Gasteiger partial charge in [0.1, 0.15) is 5.94 Å². The Kier molecular flexibility index (Phi) is 4.76. The predicted octanol–water partition coefficient (Wildman–Crippen LogP) is 2.38. The fourth-order valence-electron chi connectivity index (χ4n) is 1.43. The summed E-state index contributed by atoms with van der Waals surface area (Å²) in [4.78, 5) is 21.3. The molecule has 0 radical (unpaired) electrons. The van der Waals surface area contributed by atoms with E-state index >= 15 is 0 Å². The van der Waals surface area contributed by atoms with Gasteiger partial charge >= 0.3 is 6.09 Å². The second-order valence-corrected chi connectivity index (χ2v) is 3.99. The number of carboxylic acid groups (broad SMARTS) is 1. The molecule has 0 aliphatic heterocycles. The Balaban J connectivity index is 2.98. The molecule has 17 heavy (non-hydrogen) atoms. The van der Waals surface area contributed by atoms with Gasteiger partial charge in [0.15, 0.2) is 0 Å². The number of rotatable bonds is 4. The van der Waals surface area contributed by atoms with E-state index in [1.807, 2.05) is 6.07 Å². The zero-order chi connectivity index (χ0) is 12.8. The molecule has 0 aliphatic carbocycles. The zero-order valence-electron chi connectivity index (χ0n) is 9.18.